The molecule has 0 saturated heterocycles. The van der Waals surface area contributed by atoms with Crippen LogP contribution in [0.5, 0.6) is 11.5 Å². The molecular formula is C36H32N2O6. The van der Waals surface area contributed by atoms with Gasteiger partial charge in [-0.2, -0.15) is 0 Å². The molecule has 0 atom stereocenters. The summed E-state index contributed by atoms with van der Waals surface area (Å²) in [5, 5.41) is 0. The third kappa shape index (κ3) is 7.66. The lowest BCUT2D eigenvalue weighted by atomic mass is 10.0. The zero-order chi connectivity index (χ0) is 30.7. The smallest absolute Gasteiger partial charge is 0.342 e. The Labute approximate surface area is 256 Å². The summed E-state index contributed by atoms with van der Waals surface area (Å²) in [5.74, 6) is -1.03. The Morgan fingerprint density at radius 1 is 0.568 bits per heavy atom. The fraction of sp³-hybridized carbons (Fsp3) is 0.167. The lowest BCUT2D eigenvalue weighted by Crippen LogP contribution is -2.15. The van der Waals surface area contributed by atoms with Crippen molar-refractivity contribution in [2.24, 2.45) is 0 Å². The van der Waals surface area contributed by atoms with Gasteiger partial charge in [-0.3, -0.25) is 9.97 Å². The van der Waals surface area contributed by atoms with E-state index in [0.29, 0.717) is 5.75 Å². The zero-order valence-electron chi connectivity index (χ0n) is 24.6. The Morgan fingerprint density at radius 3 is 1.55 bits per heavy atom. The Kier molecular flexibility index (Phi) is 9.94. The highest BCUT2D eigenvalue weighted by atomic mass is 16.5. The maximum Gasteiger partial charge on any atom is 0.342 e. The second-order valence-electron chi connectivity index (χ2n) is 10.1. The topological polar surface area (TPSA) is 96.8 Å². The molecular weight excluding hydrogens is 556 g/mol. The van der Waals surface area contributed by atoms with E-state index in [0.717, 1.165) is 46.2 Å². The first-order valence-electron chi connectivity index (χ1n) is 14.1. The lowest BCUT2D eigenvalue weighted by molar-refractivity contribution is 0.0549. The Morgan fingerprint density at radius 2 is 1.07 bits per heavy atom. The van der Waals surface area contributed by atoms with Crippen LogP contribution in [0.15, 0.2) is 110 Å². The summed E-state index contributed by atoms with van der Waals surface area (Å²) in [5.41, 5.74) is 6.27. The molecule has 0 spiro atoms. The van der Waals surface area contributed by atoms with Crippen LogP contribution in [0.2, 0.25) is 0 Å². The molecule has 0 N–H and O–H groups in total. The first kappa shape index (κ1) is 30.0. The van der Waals surface area contributed by atoms with Crippen molar-refractivity contribution in [1.29, 1.82) is 0 Å². The van der Waals surface area contributed by atoms with Crippen LogP contribution >= 0.6 is 0 Å². The van der Waals surface area contributed by atoms with E-state index in [-0.39, 0.29) is 30.1 Å². The van der Waals surface area contributed by atoms with Crippen molar-refractivity contribution in [1.82, 2.24) is 9.97 Å². The fourth-order valence-corrected chi connectivity index (χ4v) is 4.71. The molecule has 0 bridgehead atoms. The van der Waals surface area contributed by atoms with E-state index in [4.69, 9.17) is 18.9 Å². The number of pyridine rings is 2. The molecule has 0 unspecified atom stereocenters. The van der Waals surface area contributed by atoms with Crippen molar-refractivity contribution in [3.05, 3.63) is 154 Å². The predicted octanol–water partition coefficient (Wildman–Crippen LogP) is 6.39. The van der Waals surface area contributed by atoms with Gasteiger partial charge in [-0.05, 0) is 70.5 Å². The molecule has 8 nitrogen and oxygen atoms in total. The van der Waals surface area contributed by atoms with Gasteiger partial charge in [-0.25, -0.2) is 9.59 Å². The van der Waals surface area contributed by atoms with Gasteiger partial charge in [0.05, 0.1) is 19.8 Å². The van der Waals surface area contributed by atoms with E-state index >= 15 is 0 Å². The van der Waals surface area contributed by atoms with Crippen molar-refractivity contribution in [2.45, 2.75) is 26.1 Å². The van der Waals surface area contributed by atoms with E-state index in [2.05, 4.69) is 9.97 Å². The molecule has 0 aliphatic carbocycles. The minimum absolute atomic E-state index is 0.0215. The standard InChI is InChI=1S/C36H32N2O6/c1-41-35(39)31-15-16-32(43-23-27-11-7-25(8-12-27)19-29-5-3-17-37-21-29)34(33(31)36(40)42-2)44-24-28-13-9-26(10-14-28)20-30-6-4-18-38-22-30/h3-18,21-22H,19-20,23-24H2,1-2H3. The summed E-state index contributed by atoms with van der Waals surface area (Å²) in [7, 11) is 2.49. The first-order chi connectivity index (χ1) is 21.5. The van der Waals surface area contributed by atoms with Crippen LogP contribution in [0.4, 0.5) is 0 Å². The van der Waals surface area contributed by atoms with Crippen molar-refractivity contribution in [3.63, 3.8) is 0 Å². The van der Waals surface area contributed by atoms with E-state index in [1.807, 2.05) is 85.2 Å². The third-order valence-electron chi connectivity index (χ3n) is 7.00. The number of esters is 2. The van der Waals surface area contributed by atoms with Crippen molar-refractivity contribution in [3.8, 4) is 11.5 Å². The molecule has 0 aliphatic heterocycles. The van der Waals surface area contributed by atoms with Crippen LogP contribution in [0.25, 0.3) is 0 Å². The number of methoxy groups -OCH3 is 2. The normalized spacial score (nSPS) is 10.6. The summed E-state index contributed by atoms with van der Waals surface area (Å²) in [6, 6.07) is 27.0. The van der Waals surface area contributed by atoms with Crippen LogP contribution in [0.3, 0.4) is 0 Å². The number of nitrogens with zero attached hydrogens (tertiary/aromatic N) is 2. The van der Waals surface area contributed by atoms with E-state index < -0.39 is 11.9 Å². The van der Waals surface area contributed by atoms with Gasteiger partial charge < -0.3 is 18.9 Å². The van der Waals surface area contributed by atoms with Gasteiger partial charge in [0.15, 0.2) is 11.5 Å². The highest BCUT2D eigenvalue weighted by Gasteiger charge is 2.27. The van der Waals surface area contributed by atoms with Crippen LogP contribution < -0.4 is 9.47 Å². The average Bonchev–Trinajstić information content (AvgIpc) is 3.07. The monoisotopic (exact) mass is 588 g/mol. The van der Waals surface area contributed by atoms with E-state index in [1.54, 1.807) is 18.5 Å². The molecule has 0 aliphatic rings. The summed E-state index contributed by atoms with van der Waals surface area (Å²) in [6.45, 7) is 0.339. The number of hydrogen-bond donors (Lipinski definition) is 0. The van der Waals surface area contributed by atoms with E-state index in [9.17, 15) is 9.59 Å². The second-order valence-corrected chi connectivity index (χ2v) is 10.1. The Bertz CT molecular complexity index is 1690. The molecule has 0 fully saturated rings. The molecule has 5 aromatic rings. The van der Waals surface area contributed by atoms with Gasteiger partial charge in [0.2, 0.25) is 0 Å². The molecule has 2 aromatic heterocycles. The third-order valence-corrected chi connectivity index (χ3v) is 7.00. The Balaban J connectivity index is 1.35. The zero-order valence-corrected chi connectivity index (χ0v) is 24.6. The van der Waals surface area contributed by atoms with Crippen LogP contribution in [-0.2, 0) is 35.5 Å². The number of benzene rings is 3. The van der Waals surface area contributed by atoms with Crippen molar-refractivity contribution in [2.75, 3.05) is 14.2 Å². The van der Waals surface area contributed by atoms with Gasteiger partial charge in [0.1, 0.15) is 18.8 Å². The largest absolute Gasteiger partial charge is 0.485 e. The number of hydrogen-bond acceptors (Lipinski definition) is 8. The fourth-order valence-electron chi connectivity index (χ4n) is 4.71. The molecule has 222 valence electrons. The highest BCUT2D eigenvalue weighted by Crippen LogP contribution is 2.36. The lowest BCUT2D eigenvalue weighted by Gasteiger charge is -2.18. The quantitative estimate of drug-likeness (QED) is 0.155. The molecule has 0 radical (unpaired) electrons. The summed E-state index contributed by atoms with van der Waals surface area (Å²) < 4.78 is 22.3. The predicted molar refractivity (Wildman–Crippen MR) is 165 cm³/mol. The second kappa shape index (κ2) is 14.6. The number of aromatic nitrogens is 2. The Hall–Kier alpha value is -5.50. The van der Waals surface area contributed by atoms with Crippen molar-refractivity contribution >= 4 is 11.9 Å². The van der Waals surface area contributed by atoms with Crippen molar-refractivity contribution < 1.29 is 28.5 Å². The van der Waals surface area contributed by atoms with Gasteiger partial charge in [0.25, 0.3) is 0 Å². The molecule has 0 amide bonds. The molecule has 2 heterocycles. The van der Waals surface area contributed by atoms with Crippen LogP contribution in [-0.4, -0.2) is 36.1 Å². The molecule has 8 heteroatoms. The first-order valence-corrected chi connectivity index (χ1v) is 14.1. The number of ether oxygens (including phenoxy) is 4. The summed E-state index contributed by atoms with van der Waals surface area (Å²) in [6.07, 6.45) is 8.73. The molecule has 0 saturated carbocycles. The van der Waals surface area contributed by atoms with Crippen LogP contribution in [0.1, 0.15) is 54.1 Å². The average molecular weight is 589 g/mol. The minimum atomic E-state index is -0.738. The molecule has 3 aromatic carbocycles. The SMILES string of the molecule is COC(=O)c1ccc(OCc2ccc(Cc3cccnc3)cc2)c(OCc2ccc(Cc3cccnc3)cc2)c1C(=O)OC. The maximum atomic E-state index is 12.9. The number of carbonyl (C=O) groups is 2. The van der Waals surface area contributed by atoms with Gasteiger partial charge in [-0.15, -0.1) is 0 Å². The molecule has 44 heavy (non-hydrogen) atoms. The summed E-state index contributed by atoms with van der Waals surface area (Å²) >= 11 is 0. The number of rotatable bonds is 12. The summed E-state index contributed by atoms with van der Waals surface area (Å²) in [4.78, 5) is 33.9. The minimum Gasteiger partial charge on any atom is -0.485 e. The van der Waals surface area contributed by atoms with Gasteiger partial charge in [-0.1, -0.05) is 60.7 Å². The van der Waals surface area contributed by atoms with Crippen LogP contribution in [0, 0.1) is 0 Å². The maximum absolute atomic E-state index is 12.9. The van der Waals surface area contributed by atoms with Gasteiger partial charge in [0, 0.05) is 24.8 Å². The van der Waals surface area contributed by atoms with E-state index in [1.165, 1.54) is 20.3 Å². The van der Waals surface area contributed by atoms with Gasteiger partial charge >= 0.3 is 11.9 Å². The molecule has 5 rings (SSSR count). The highest BCUT2D eigenvalue weighted by molar-refractivity contribution is 6.05. The number of carbonyl (C=O) groups excluding carboxylic acids is 2.